The molecule has 0 N–H and O–H groups in total. The molecule has 0 radical (unpaired) electrons. The summed E-state index contributed by atoms with van der Waals surface area (Å²) in [7, 11) is 0. The molecule has 0 atom stereocenters. The van der Waals surface area contributed by atoms with Crippen LogP contribution in [0.1, 0.15) is 5.69 Å². The second kappa shape index (κ2) is 6.78. The van der Waals surface area contributed by atoms with Crippen LogP contribution in [0.4, 0.5) is 0 Å². The summed E-state index contributed by atoms with van der Waals surface area (Å²) in [5.41, 5.74) is 6.62. The van der Waals surface area contributed by atoms with E-state index in [0.717, 1.165) is 61.1 Å². The molecule has 33 heavy (non-hydrogen) atoms. The molecule has 0 spiro atoms. The number of aromatic nitrogens is 3. The highest BCUT2D eigenvalue weighted by Gasteiger charge is 2.21. The lowest BCUT2D eigenvalue weighted by Crippen LogP contribution is -1.97. The summed E-state index contributed by atoms with van der Waals surface area (Å²) in [6.07, 6.45) is 1.84. The van der Waals surface area contributed by atoms with Crippen molar-refractivity contribution < 1.29 is 4.42 Å². The van der Waals surface area contributed by atoms with Crippen LogP contribution in [0.3, 0.4) is 0 Å². The van der Waals surface area contributed by atoms with Gasteiger partial charge in [0.15, 0.2) is 0 Å². The van der Waals surface area contributed by atoms with E-state index < -0.39 is 0 Å². The standard InChI is InChI=1S/C29H19N3O/c1-18-26-25(16-17-30-18)32(20-9-3-2-4-10-20)29(31-26)24-13-7-12-22-23-15-14-19-8-5-6-11-21(19)27(23)33-28(22)24/h2-17H,1H3. The van der Waals surface area contributed by atoms with Crippen molar-refractivity contribution >= 4 is 43.7 Å². The fourth-order valence-corrected chi connectivity index (χ4v) is 4.86. The molecule has 0 saturated heterocycles. The van der Waals surface area contributed by atoms with E-state index in [0.29, 0.717) is 0 Å². The third kappa shape index (κ3) is 2.58. The van der Waals surface area contributed by atoms with E-state index in [4.69, 9.17) is 9.40 Å². The summed E-state index contributed by atoms with van der Waals surface area (Å²) < 4.78 is 8.80. The number of fused-ring (bicyclic) bond motifs is 6. The molecule has 0 fully saturated rings. The maximum absolute atomic E-state index is 6.60. The van der Waals surface area contributed by atoms with E-state index in [1.54, 1.807) is 0 Å². The molecule has 0 unspecified atom stereocenters. The highest BCUT2D eigenvalue weighted by molar-refractivity contribution is 6.17. The van der Waals surface area contributed by atoms with Crippen LogP contribution in [0.25, 0.3) is 60.8 Å². The molecule has 0 amide bonds. The Kier molecular flexibility index (Phi) is 3.73. The molecule has 0 saturated carbocycles. The van der Waals surface area contributed by atoms with Crippen LogP contribution in [-0.2, 0) is 0 Å². The largest absolute Gasteiger partial charge is 0.455 e. The molecule has 3 aromatic heterocycles. The van der Waals surface area contributed by atoms with E-state index >= 15 is 0 Å². The van der Waals surface area contributed by atoms with Crippen molar-refractivity contribution in [2.24, 2.45) is 0 Å². The molecule has 0 aliphatic heterocycles. The minimum Gasteiger partial charge on any atom is -0.455 e. The number of aryl methyl sites for hydroxylation is 1. The number of para-hydroxylation sites is 2. The monoisotopic (exact) mass is 425 g/mol. The van der Waals surface area contributed by atoms with E-state index in [9.17, 15) is 0 Å². The average Bonchev–Trinajstić information content (AvgIpc) is 3.44. The van der Waals surface area contributed by atoms with E-state index in [1.807, 2.05) is 37.4 Å². The summed E-state index contributed by atoms with van der Waals surface area (Å²) in [6.45, 7) is 2.00. The Hall–Kier alpha value is -4.44. The first-order valence-corrected chi connectivity index (χ1v) is 11.0. The van der Waals surface area contributed by atoms with Gasteiger partial charge in [-0.3, -0.25) is 9.55 Å². The van der Waals surface area contributed by atoms with Crippen LogP contribution in [0.5, 0.6) is 0 Å². The van der Waals surface area contributed by atoms with E-state index in [-0.39, 0.29) is 0 Å². The van der Waals surface area contributed by atoms with Crippen LogP contribution in [0.15, 0.2) is 102 Å². The van der Waals surface area contributed by atoms with Gasteiger partial charge in [-0.05, 0) is 42.6 Å². The molecule has 4 aromatic carbocycles. The van der Waals surface area contributed by atoms with Crippen molar-refractivity contribution in [2.75, 3.05) is 0 Å². The predicted octanol–water partition coefficient (Wildman–Crippen LogP) is 7.45. The van der Waals surface area contributed by atoms with Gasteiger partial charge in [0, 0.05) is 28.0 Å². The van der Waals surface area contributed by atoms with Gasteiger partial charge in [-0.2, -0.15) is 0 Å². The lowest BCUT2D eigenvalue weighted by Gasteiger charge is -2.09. The smallest absolute Gasteiger partial charge is 0.149 e. The quantitative estimate of drug-likeness (QED) is 0.289. The zero-order valence-corrected chi connectivity index (χ0v) is 18.0. The maximum atomic E-state index is 6.60. The number of hydrogen-bond acceptors (Lipinski definition) is 3. The molecule has 3 heterocycles. The fraction of sp³-hybridized carbons (Fsp3) is 0.0345. The van der Waals surface area contributed by atoms with Gasteiger partial charge in [0.25, 0.3) is 0 Å². The molecule has 7 rings (SSSR count). The van der Waals surface area contributed by atoms with Crippen molar-refractivity contribution in [2.45, 2.75) is 6.92 Å². The lowest BCUT2D eigenvalue weighted by atomic mass is 10.0. The summed E-state index contributed by atoms with van der Waals surface area (Å²) in [4.78, 5) is 9.56. The van der Waals surface area contributed by atoms with Crippen molar-refractivity contribution in [3.05, 3.63) is 103 Å². The molecule has 4 heteroatoms. The number of rotatable bonds is 2. The summed E-state index contributed by atoms with van der Waals surface area (Å²) in [5, 5.41) is 4.50. The van der Waals surface area contributed by atoms with Crippen molar-refractivity contribution in [3.63, 3.8) is 0 Å². The molecule has 7 aromatic rings. The van der Waals surface area contributed by atoms with Gasteiger partial charge in [0.1, 0.15) is 22.5 Å². The highest BCUT2D eigenvalue weighted by atomic mass is 16.3. The van der Waals surface area contributed by atoms with Crippen LogP contribution in [0, 0.1) is 6.92 Å². The first kappa shape index (κ1) is 18.2. The third-order valence-corrected chi connectivity index (χ3v) is 6.40. The number of benzene rings is 4. The summed E-state index contributed by atoms with van der Waals surface area (Å²) in [5.74, 6) is 0.848. The van der Waals surface area contributed by atoms with Crippen molar-refractivity contribution in [1.82, 2.24) is 14.5 Å². The predicted molar refractivity (Wildman–Crippen MR) is 134 cm³/mol. The molecular weight excluding hydrogens is 406 g/mol. The SMILES string of the molecule is Cc1nccc2c1nc(-c1cccc3c1oc1c4ccccc4ccc31)n2-c1ccccc1. The Balaban J connectivity index is 1.62. The molecule has 0 aliphatic rings. The minimum atomic E-state index is 0.848. The Bertz CT molecular complexity index is 1830. The van der Waals surface area contributed by atoms with Crippen LogP contribution < -0.4 is 0 Å². The van der Waals surface area contributed by atoms with Crippen LogP contribution >= 0.6 is 0 Å². The number of furan rings is 1. The Morgan fingerprint density at radius 2 is 1.48 bits per heavy atom. The Morgan fingerprint density at radius 1 is 0.697 bits per heavy atom. The number of nitrogens with zero attached hydrogens (tertiary/aromatic N) is 3. The fourth-order valence-electron chi connectivity index (χ4n) is 4.86. The first-order chi connectivity index (χ1) is 16.3. The van der Waals surface area contributed by atoms with Crippen molar-refractivity contribution in [1.29, 1.82) is 0 Å². The minimum absolute atomic E-state index is 0.848. The molecule has 4 nitrogen and oxygen atoms in total. The second-order valence-corrected chi connectivity index (χ2v) is 8.32. The highest BCUT2D eigenvalue weighted by Crippen LogP contribution is 2.40. The number of hydrogen-bond donors (Lipinski definition) is 0. The van der Waals surface area contributed by atoms with Gasteiger partial charge >= 0.3 is 0 Å². The topological polar surface area (TPSA) is 43.9 Å². The van der Waals surface area contributed by atoms with Gasteiger partial charge in [0.2, 0.25) is 0 Å². The number of imidazole rings is 1. The number of pyridine rings is 1. The zero-order chi connectivity index (χ0) is 21.9. The zero-order valence-electron chi connectivity index (χ0n) is 18.0. The average molecular weight is 425 g/mol. The molecule has 156 valence electrons. The van der Waals surface area contributed by atoms with Crippen LogP contribution in [0.2, 0.25) is 0 Å². The first-order valence-electron chi connectivity index (χ1n) is 11.0. The Labute approximate surface area is 189 Å². The second-order valence-electron chi connectivity index (χ2n) is 8.32. The van der Waals surface area contributed by atoms with Gasteiger partial charge in [0.05, 0.1) is 16.8 Å². The van der Waals surface area contributed by atoms with Gasteiger partial charge < -0.3 is 4.42 Å². The summed E-state index contributed by atoms with van der Waals surface area (Å²) in [6, 6.07) is 31.3. The van der Waals surface area contributed by atoms with Gasteiger partial charge in [-0.1, -0.05) is 60.7 Å². The van der Waals surface area contributed by atoms with Crippen LogP contribution in [-0.4, -0.2) is 14.5 Å². The maximum Gasteiger partial charge on any atom is 0.149 e. The normalized spacial score (nSPS) is 11.8. The molecule has 0 bridgehead atoms. The van der Waals surface area contributed by atoms with E-state index in [1.165, 1.54) is 5.39 Å². The van der Waals surface area contributed by atoms with E-state index in [2.05, 4.69) is 76.3 Å². The third-order valence-electron chi connectivity index (χ3n) is 6.40. The summed E-state index contributed by atoms with van der Waals surface area (Å²) >= 11 is 0. The molecule has 0 aliphatic carbocycles. The van der Waals surface area contributed by atoms with Crippen molar-refractivity contribution in [3.8, 4) is 17.1 Å². The van der Waals surface area contributed by atoms with Gasteiger partial charge in [-0.25, -0.2) is 4.98 Å². The Morgan fingerprint density at radius 3 is 2.39 bits per heavy atom. The van der Waals surface area contributed by atoms with Gasteiger partial charge in [-0.15, -0.1) is 0 Å². The molecular formula is C29H19N3O. The lowest BCUT2D eigenvalue weighted by molar-refractivity contribution is 0.673.